The third kappa shape index (κ3) is 6.62. The number of hydrogen-bond acceptors (Lipinski definition) is 7. The van der Waals surface area contributed by atoms with E-state index in [0.29, 0.717) is 40.2 Å². The molecule has 178 valence electrons. The van der Waals surface area contributed by atoms with Crippen molar-refractivity contribution in [3.63, 3.8) is 0 Å². The zero-order valence-electron chi connectivity index (χ0n) is 17.4. The molecule has 2 heterocycles. The number of nitrogens with one attached hydrogen (secondary N) is 1. The second kappa shape index (κ2) is 11.1. The fourth-order valence-electron chi connectivity index (χ4n) is 3.35. The van der Waals surface area contributed by atoms with Crippen molar-refractivity contribution in [3.8, 4) is 11.5 Å². The molecule has 6 nitrogen and oxygen atoms in total. The molecule has 1 N–H and O–H groups in total. The molecular weight excluding hydrogens is 497 g/mol. The first-order valence-corrected chi connectivity index (χ1v) is 12.3. The molecule has 2 atom stereocenters. The summed E-state index contributed by atoms with van der Waals surface area (Å²) in [4.78, 5) is 16.7. The van der Waals surface area contributed by atoms with Gasteiger partial charge in [0.25, 0.3) is 0 Å². The van der Waals surface area contributed by atoms with Crippen LogP contribution in [0.15, 0.2) is 30.6 Å². The first kappa shape index (κ1) is 24.3. The van der Waals surface area contributed by atoms with Gasteiger partial charge < -0.3 is 14.2 Å². The Bertz CT molecular complexity index is 971. The van der Waals surface area contributed by atoms with Gasteiger partial charge in [-0.15, -0.1) is 11.8 Å². The lowest BCUT2D eigenvalue weighted by Gasteiger charge is -2.23. The molecule has 2 aliphatic rings. The maximum absolute atomic E-state index is 12.9. The molecule has 0 amide bonds. The highest BCUT2D eigenvalue weighted by atomic mass is 35.5. The highest BCUT2D eigenvalue weighted by Crippen LogP contribution is 2.38. The average molecular weight is 519 g/mol. The Morgan fingerprint density at radius 1 is 1.21 bits per heavy atom. The van der Waals surface area contributed by atoms with E-state index in [1.54, 1.807) is 12.1 Å². The van der Waals surface area contributed by atoms with Crippen molar-refractivity contribution >= 4 is 40.9 Å². The SMILES string of the molecule is O=C(O[C@H](Cc1c(Cl)cncc1Cl)c1ccc(OC(F)F)c(OCC2CC2)c1)[C@@H]1NCCS1. The van der Waals surface area contributed by atoms with Gasteiger partial charge in [-0.05, 0) is 42.0 Å². The lowest BCUT2D eigenvalue weighted by molar-refractivity contribution is -0.149. The van der Waals surface area contributed by atoms with E-state index in [0.717, 1.165) is 18.6 Å². The van der Waals surface area contributed by atoms with Gasteiger partial charge >= 0.3 is 12.6 Å². The van der Waals surface area contributed by atoms with Gasteiger partial charge in [-0.25, -0.2) is 4.79 Å². The maximum Gasteiger partial charge on any atom is 0.387 e. The second-order valence-corrected chi connectivity index (χ2v) is 9.78. The van der Waals surface area contributed by atoms with Crippen LogP contribution >= 0.6 is 35.0 Å². The van der Waals surface area contributed by atoms with Crippen LogP contribution in [0.1, 0.15) is 30.1 Å². The number of thioether (sulfide) groups is 1. The van der Waals surface area contributed by atoms with Gasteiger partial charge in [0.15, 0.2) is 16.9 Å². The van der Waals surface area contributed by atoms with E-state index in [9.17, 15) is 13.6 Å². The number of esters is 1. The Balaban J connectivity index is 1.63. The summed E-state index contributed by atoms with van der Waals surface area (Å²) in [7, 11) is 0. The molecule has 1 aromatic heterocycles. The fourth-order valence-corrected chi connectivity index (χ4v) is 4.77. The molecule has 1 saturated heterocycles. The van der Waals surface area contributed by atoms with Gasteiger partial charge in [0.05, 0.1) is 16.7 Å². The van der Waals surface area contributed by atoms with Crippen LogP contribution in [0.4, 0.5) is 8.78 Å². The number of aromatic nitrogens is 1. The Hall–Kier alpha value is -1.81. The Kier molecular flexibility index (Phi) is 8.16. The van der Waals surface area contributed by atoms with Crippen molar-refractivity contribution < 1.29 is 27.8 Å². The van der Waals surface area contributed by atoms with Crippen LogP contribution in [0.3, 0.4) is 0 Å². The Labute approximate surface area is 204 Å². The molecule has 0 bridgehead atoms. The maximum atomic E-state index is 12.9. The Morgan fingerprint density at radius 3 is 2.61 bits per heavy atom. The van der Waals surface area contributed by atoms with Gasteiger partial charge in [-0.1, -0.05) is 29.3 Å². The van der Waals surface area contributed by atoms with E-state index in [-0.39, 0.29) is 17.9 Å². The van der Waals surface area contributed by atoms with E-state index in [1.165, 1.54) is 30.2 Å². The van der Waals surface area contributed by atoms with Crippen molar-refractivity contribution in [2.24, 2.45) is 5.92 Å². The molecule has 0 radical (unpaired) electrons. The van der Waals surface area contributed by atoms with Gasteiger partial charge in [0.1, 0.15) is 6.10 Å². The number of ether oxygens (including phenoxy) is 3. The molecule has 0 unspecified atom stereocenters. The predicted octanol–water partition coefficient (Wildman–Crippen LogP) is 5.27. The largest absolute Gasteiger partial charge is 0.489 e. The first-order chi connectivity index (χ1) is 15.9. The molecular formula is C22H22Cl2F2N2O4S. The third-order valence-corrected chi connectivity index (χ3v) is 7.04. The number of halogens is 4. The van der Waals surface area contributed by atoms with Crippen LogP contribution in [-0.2, 0) is 16.0 Å². The molecule has 0 spiro atoms. The standard InChI is InChI=1S/C22H22Cl2F2N2O4S/c23-15-9-27-10-16(24)14(15)8-18(31-21(29)20-28-5-6-33-20)13-3-4-17(32-22(25)26)19(7-13)30-11-12-1-2-12/h3-4,7,9-10,12,18,20,22,28H,1-2,5-6,8,11H2/t18-,20-/m1/s1. The van der Waals surface area contributed by atoms with E-state index < -0.39 is 24.1 Å². The van der Waals surface area contributed by atoms with Crippen molar-refractivity contribution in [1.82, 2.24) is 10.3 Å². The summed E-state index contributed by atoms with van der Waals surface area (Å²) in [6.45, 7) is -1.89. The summed E-state index contributed by atoms with van der Waals surface area (Å²) in [5.41, 5.74) is 1.11. The van der Waals surface area contributed by atoms with Crippen LogP contribution in [-0.4, -0.2) is 41.8 Å². The van der Waals surface area contributed by atoms with Crippen LogP contribution in [0, 0.1) is 5.92 Å². The molecule has 2 aromatic rings. The second-order valence-electron chi connectivity index (χ2n) is 7.76. The van der Waals surface area contributed by atoms with Gasteiger partial charge in [0, 0.05) is 31.1 Å². The molecule has 4 rings (SSSR count). The van der Waals surface area contributed by atoms with Crippen LogP contribution in [0.25, 0.3) is 0 Å². The monoisotopic (exact) mass is 518 g/mol. The number of benzene rings is 1. The summed E-state index contributed by atoms with van der Waals surface area (Å²) in [6, 6.07) is 4.52. The van der Waals surface area contributed by atoms with Crippen LogP contribution < -0.4 is 14.8 Å². The van der Waals surface area contributed by atoms with Crippen molar-refractivity contribution in [1.29, 1.82) is 0 Å². The van der Waals surface area contributed by atoms with Gasteiger partial charge in [-0.3, -0.25) is 10.3 Å². The predicted molar refractivity (Wildman–Crippen MR) is 122 cm³/mol. The summed E-state index contributed by atoms with van der Waals surface area (Å²) in [5, 5.41) is 3.26. The fraction of sp³-hybridized carbons (Fsp3) is 0.455. The molecule has 1 aliphatic heterocycles. The number of hydrogen-bond donors (Lipinski definition) is 1. The summed E-state index contributed by atoms with van der Waals surface area (Å²) < 4.78 is 42.0. The molecule has 1 aliphatic carbocycles. The molecule has 2 fully saturated rings. The molecule has 1 saturated carbocycles. The number of carbonyl (C=O) groups excluding carboxylic acids is 1. The number of rotatable bonds is 10. The van der Waals surface area contributed by atoms with Crippen LogP contribution in [0.2, 0.25) is 10.0 Å². The number of pyridine rings is 1. The highest BCUT2D eigenvalue weighted by Gasteiger charge is 2.30. The molecule has 11 heteroatoms. The van der Waals surface area contributed by atoms with Gasteiger partial charge in [0.2, 0.25) is 0 Å². The smallest absolute Gasteiger partial charge is 0.387 e. The van der Waals surface area contributed by atoms with Crippen molar-refractivity contribution in [2.45, 2.75) is 37.4 Å². The van der Waals surface area contributed by atoms with E-state index in [2.05, 4.69) is 15.0 Å². The zero-order valence-corrected chi connectivity index (χ0v) is 19.8. The average Bonchev–Trinajstić information content (AvgIpc) is 3.44. The van der Waals surface area contributed by atoms with Crippen molar-refractivity contribution in [3.05, 3.63) is 51.8 Å². The third-order valence-electron chi connectivity index (χ3n) is 5.26. The Morgan fingerprint density at radius 2 is 1.97 bits per heavy atom. The minimum absolute atomic E-state index is 0.0764. The summed E-state index contributed by atoms with van der Waals surface area (Å²) in [5.74, 6) is 0.859. The van der Waals surface area contributed by atoms with E-state index >= 15 is 0 Å². The zero-order chi connectivity index (χ0) is 23.4. The first-order valence-electron chi connectivity index (χ1n) is 10.5. The van der Waals surface area contributed by atoms with Crippen molar-refractivity contribution in [2.75, 3.05) is 18.9 Å². The highest BCUT2D eigenvalue weighted by molar-refractivity contribution is 8.00. The number of nitrogens with zero attached hydrogens (tertiary/aromatic N) is 1. The van der Waals surface area contributed by atoms with Gasteiger partial charge in [-0.2, -0.15) is 8.78 Å². The lowest BCUT2D eigenvalue weighted by Crippen LogP contribution is -2.32. The minimum atomic E-state index is -2.99. The number of alkyl halides is 2. The quantitative estimate of drug-likeness (QED) is 0.429. The summed E-state index contributed by atoms with van der Waals surface area (Å²) >= 11 is 14.1. The topological polar surface area (TPSA) is 69.7 Å². The summed E-state index contributed by atoms with van der Waals surface area (Å²) in [6.07, 6.45) is 4.37. The van der Waals surface area contributed by atoms with E-state index in [1.807, 2.05) is 0 Å². The molecule has 1 aromatic carbocycles. The lowest BCUT2D eigenvalue weighted by atomic mass is 10.0. The molecule has 33 heavy (non-hydrogen) atoms. The number of carbonyl (C=O) groups is 1. The normalized spacial score (nSPS) is 18.9. The minimum Gasteiger partial charge on any atom is -0.489 e. The van der Waals surface area contributed by atoms with Crippen LogP contribution in [0.5, 0.6) is 11.5 Å². The van der Waals surface area contributed by atoms with E-state index in [4.69, 9.17) is 32.7 Å².